The molecular weight excluding hydrogens is 629 g/mol. The van der Waals surface area contributed by atoms with Crippen LogP contribution in [0.3, 0.4) is 0 Å². The molecule has 50 heavy (non-hydrogen) atoms. The second kappa shape index (κ2) is 31.9. The van der Waals surface area contributed by atoms with Gasteiger partial charge >= 0.3 is 6.18 Å². The van der Waals surface area contributed by atoms with Crippen molar-refractivity contribution in [3.63, 3.8) is 0 Å². The van der Waals surface area contributed by atoms with Crippen molar-refractivity contribution in [2.75, 3.05) is 7.05 Å². The highest BCUT2D eigenvalue weighted by molar-refractivity contribution is 5.72. The number of allylic oxidation sites excluding steroid dienone is 1. The van der Waals surface area contributed by atoms with E-state index in [1.165, 1.54) is 57.4 Å². The highest BCUT2D eigenvalue weighted by Gasteiger charge is 2.30. The summed E-state index contributed by atoms with van der Waals surface area (Å²) in [5.74, 6) is 0.736. The van der Waals surface area contributed by atoms with Crippen LogP contribution in [0.25, 0.3) is 0 Å². The summed E-state index contributed by atoms with van der Waals surface area (Å²) in [5, 5.41) is 0. The Morgan fingerprint density at radius 3 is 1.54 bits per heavy atom. The van der Waals surface area contributed by atoms with E-state index in [0.717, 1.165) is 50.5 Å². The van der Waals surface area contributed by atoms with Gasteiger partial charge < -0.3 is 9.69 Å². The monoisotopic (exact) mass is 715 g/mol. The van der Waals surface area contributed by atoms with E-state index >= 15 is 0 Å². The molecule has 0 saturated heterocycles. The maximum absolute atomic E-state index is 12.9. The number of halogens is 3. The molecule has 298 valence electrons. The lowest BCUT2D eigenvalue weighted by Gasteiger charge is -2.42. The predicted molar refractivity (Wildman–Crippen MR) is 218 cm³/mol. The summed E-state index contributed by atoms with van der Waals surface area (Å²) >= 11 is 0. The van der Waals surface area contributed by atoms with Crippen molar-refractivity contribution < 1.29 is 18.0 Å². The number of Topliss-reactive ketones (excluding diaryl/α,β-unsaturated/α-hetero) is 1. The van der Waals surface area contributed by atoms with E-state index in [9.17, 15) is 18.0 Å². The fourth-order valence-electron chi connectivity index (χ4n) is 5.49. The van der Waals surface area contributed by atoms with Gasteiger partial charge in [0.1, 0.15) is 5.78 Å². The number of carbonyl (C=O) groups excluding carboxylic acids is 1. The van der Waals surface area contributed by atoms with E-state index in [4.69, 9.17) is 0 Å². The highest BCUT2D eigenvalue weighted by Crippen LogP contribution is 2.30. The molecule has 3 nitrogen and oxygen atoms in total. The SMILES string of the molecule is C=C(CCC)N(C(CC)C(C)C)[C@@H](C)CCC(CCC)N(C)Cc1ccc(C(F)(F)F)cc1.CC.CC(C)(C)C.CC(C)=O.CCCCCC. The first-order valence-corrected chi connectivity index (χ1v) is 19.9. The van der Waals surface area contributed by atoms with Gasteiger partial charge in [-0.1, -0.05) is 147 Å². The van der Waals surface area contributed by atoms with Gasteiger partial charge in [-0.3, -0.25) is 4.90 Å². The molecule has 1 rings (SSSR count). The quantitative estimate of drug-likeness (QED) is 0.141. The second-order valence-electron chi connectivity index (χ2n) is 15.5. The second-order valence-corrected chi connectivity index (χ2v) is 15.5. The summed E-state index contributed by atoms with van der Waals surface area (Å²) < 4.78 is 38.6. The molecule has 0 fully saturated rings. The Bertz CT molecular complexity index is 905. The fourth-order valence-corrected chi connectivity index (χ4v) is 5.49. The normalized spacial score (nSPS) is 12.8. The molecule has 1 aromatic rings. The van der Waals surface area contributed by atoms with Crippen molar-refractivity contribution >= 4 is 5.78 Å². The van der Waals surface area contributed by atoms with Gasteiger partial charge in [-0.25, -0.2) is 0 Å². The number of benzene rings is 1. The zero-order chi connectivity index (χ0) is 40.1. The average molecular weight is 715 g/mol. The van der Waals surface area contributed by atoms with E-state index < -0.39 is 11.7 Å². The van der Waals surface area contributed by atoms with Gasteiger partial charge in [0.15, 0.2) is 0 Å². The van der Waals surface area contributed by atoms with E-state index in [1.54, 1.807) is 12.1 Å². The molecule has 0 aliphatic heterocycles. The number of hydrogen-bond acceptors (Lipinski definition) is 3. The molecule has 2 unspecified atom stereocenters. The van der Waals surface area contributed by atoms with Crippen LogP contribution in [0.4, 0.5) is 13.2 Å². The minimum absolute atomic E-state index is 0.167. The maximum Gasteiger partial charge on any atom is 0.416 e. The van der Waals surface area contributed by atoms with Gasteiger partial charge in [0.2, 0.25) is 0 Å². The summed E-state index contributed by atoms with van der Waals surface area (Å²) in [6.45, 7) is 38.9. The number of rotatable bonds is 18. The summed E-state index contributed by atoms with van der Waals surface area (Å²) in [7, 11) is 2.10. The molecule has 0 aliphatic rings. The molecule has 0 radical (unpaired) electrons. The minimum atomic E-state index is -4.29. The lowest BCUT2D eigenvalue weighted by atomic mass is 9.94. The Morgan fingerprint density at radius 1 is 0.780 bits per heavy atom. The molecule has 1 aromatic carbocycles. The number of alkyl halides is 3. The first kappa shape index (κ1) is 54.9. The predicted octanol–water partition coefficient (Wildman–Crippen LogP) is 14.8. The molecule has 0 bridgehead atoms. The molecule has 0 amide bonds. The Labute approximate surface area is 311 Å². The summed E-state index contributed by atoms with van der Waals surface area (Å²) in [6.07, 6.45) is 8.81. The fraction of sp³-hybridized carbons (Fsp3) is 0.795. The van der Waals surface area contributed by atoms with Gasteiger partial charge in [0.05, 0.1) is 5.56 Å². The van der Waals surface area contributed by atoms with Gasteiger partial charge in [-0.05, 0) is 89.0 Å². The van der Waals surface area contributed by atoms with Crippen molar-refractivity contribution in [3.05, 3.63) is 47.7 Å². The van der Waals surface area contributed by atoms with Crippen molar-refractivity contribution in [1.29, 1.82) is 0 Å². The van der Waals surface area contributed by atoms with Crippen molar-refractivity contribution in [3.8, 4) is 0 Å². The number of ketones is 1. The van der Waals surface area contributed by atoms with E-state index in [1.807, 2.05) is 13.8 Å². The third-order valence-corrected chi connectivity index (χ3v) is 7.76. The standard InChI is InChI=1S/C28H47F3N2.C6H14.C5H12.C3H6O.C2H6/c1-9-12-22(6)33(27(11-3)21(4)5)23(7)14-19-26(13-10-2)32(8)20-24-15-17-25(18-16-24)28(29,30)31;1-3-5-6-4-2;1-5(2,3)4;1-3(2)4;1-2/h15-18,21,23,26-27H,6,9-14,19-20H2,1-5,7-8H3;3-6H2,1-2H3;1-4H3;1-2H3;1-2H3/t23-,26?,27?;;;;/m0..../s1. The summed E-state index contributed by atoms with van der Waals surface area (Å²) in [4.78, 5) is 14.3. The smallest absolute Gasteiger partial charge is 0.369 e. The highest BCUT2D eigenvalue weighted by atomic mass is 19.4. The van der Waals surface area contributed by atoms with Crippen LogP contribution in [0.5, 0.6) is 0 Å². The Balaban J connectivity index is -0.000000513. The molecule has 0 heterocycles. The molecular formula is C44H85F3N2O. The topological polar surface area (TPSA) is 23.6 Å². The number of unbranched alkanes of at least 4 members (excludes halogenated alkanes) is 3. The van der Waals surface area contributed by atoms with E-state index in [2.05, 4.69) is 107 Å². The summed E-state index contributed by atoms with van der Waals surface area (Å²) in [6, 6.07) is 6.90. The molecule has 0 saturated carbocycles. The molecule has 6 heteroatoms. The van der Waals surface area contributed by atoms with Crippen LogP contribution in [0.1, 0.15) is 193 Å². The van der Waals surface area contributed by atoms with Gasteiger partial charge in [-0.2, -0.15) is 13.2 Å². The first-order valence-electron chi connectivity index (χ1n) is 19.9. The lowest BCUT2D eigenvalue weighted by Crippen LogP contribution is -2.44. The van der Waals surface area contributed by atoms with Crippen LogP contribution in [0.2, 0.25) is 0 Å². The van der Waals surface area contributed by atoms with E-state index in [0.29, 0.717) is 36.0 Å². The maximum atomic E-state index is 12.9. The van der Waals surface area contributed by atoms with E-state index in [-0.39, 0.29) is 5.78 Å². The van der Waals surface area contributed by atoms with Gasteiger partial charge in [0.25, 0.3) is 0 Å². The van der Waals surface area contributed by atoms with Crippen molar-refractivity contribution in [1.82, 2.24) is 9.80 Å². The Hall–Kier alpha value is -1.82. The van der Waals surface area contributed by atoms with Gasteiger partial charge in [-0.15, -0.1) is 0 Å². The molecule has 0 aromatic heterocycles. The van der Waals surface area contributed by atoms with Crippen LogP contribution >= 0.6 is 0 Å². The van der Waals surface area contributed by atoms with Crippen molar-refractivity contribution in [2.45, 2.75) is 212 Å². The zero-order valence-electron chi connectivity index (χ0n) is 36.2. The third-order valence-electron chi connectivity index (χ3n) is 7.76. The Morgan fingerprint density at radius 2 is 1.22 bits per heavy atom. The van der Waals surface area contributed by atoms with Crippen LogP contribution in [-0.4, -0.2) is 40.8 Å². The van der Waals surface area contributed by atoms with Gasteiger partial charge in [0, 0.05) is 30.4 Å². The number of hydrogen-bond donors (Lipinski definition) is 0. The van der Waals surface area contributed by atoms with Crippen LogP contribution in [0, 0.1) is 11.3 Å². The Kier molecular flexibility index (Phi) is 35.0. The minimum Gasteiger partial charge on any atom is -0.369 e. The largest absolute Gasteiger partial charge is 0.416 e. The molecule has 0 aliphatic carbocycles. The van der Waals surface area contributed by atoms with Crippen LogP contribution in [-0.2, 0) is 17.5 Å². The molecule has 0 spiro atoms. The van der Waals surface area contributed by atoms with Crippen molar-refractivity contribution in [2.24, 2.45) is 11.3 Å². The zero-order valence-corrected chi connectivity index (χ0v) is 36.2. The van der Waals surface area contributed by atoms with Crippen LogP contribution < -0.4 is 0 Å². The van der Waals surface area contributed by atoms with Crippen LogP contribution in [0.15, 0.2) is 36.5 Å². The number of carbonyl (C=O) groups is 1. The first-order chi connectivity index (χ1) is 23.1. The molecule has 3 atom stereocenters. The lowest BCUT2D eigenvalue weighted by molar-refractivity contribution is -0.137. The third kappa shape index (κ3) is 32.1. The summed E-state index contributed by atoms with van der Waals surface area (Å²) in [5.41, 5.74) is 2.08. The number of nitrogens with zero attached hydrogens (tertiary/aromatic N) is 2. The molecule has 0 N–H and O–H groups in total. The average Bonchev–Trinajstić information content (AvgIpc) is 3.00.